The van der Waals surface area contributed by atoms with Crippen molar-refractivity contribution in [2.45, 2.75) is 0 Å². The Morgan fingerprint density at radius 3 is 2.34 bits per heavy atom. The van der Waals surface area contributed by atoms with E-state index < -0.39 is 0 Å². The largest absolute Gasteiger partial charge is 0.369 e. The number of carbonyl (C=O) groups excluding carboxylic acids is 3. The fourth-order valence-electron chi connectivity index (χ4n) is 5.82. The number of amides is 2. The van der Waals surface area contributed by atoms with Gasteiger partial charge in [-0.25, -0.2) is 4.68 Å². The molecule has 0 aliphatic carbocycles. The summed E-state index contributed by atoms with van der Waals surface area (Å²) >= 11 is 0. The number of fused-ring (bicyclic) bond motifs is 1. The van der Waals surface area contributed by atoms with E-state index in [1.165, 1.54) is 5.69 Å². The molecule has 3 heterocycles. The number of likely N-dealkylation sites (N-methyl/N-ethyl adjacent to an activating group) is 1. The lowest BCUT2D eigenvalue weighted by Gasteiger charge is -2.34. The van der Waals surface area contributed by atoms with Crippen molar-refractivity contribution < 1.29 is 14.4 Å². The Hall–Kier alpha value is -6.00. The van der Waals surface area contributed by atoms with Gasteiger partial charge < -0.3 is 25.8 Å². The molecule has 3 N–H and O–H groups in total. The van der Waals surface area contributed by atoms with Crippen molar-refractivity contribution in [2.75, 3.05) is 54.1 Å². The van der Waals surface area contributed by atoms with Crippen molar-refractivity contribution in [1.82, 2.24) is 14.7 Å². The number of nitrogens with zero attached hydrogens (tertiary/aromatic N) is 4. The van der Waals surface area contributed by atoms with Crippen LogP contribution in [0.2, 0.25) is 0 Å². The van der Waals surface area contributed by atoms with Crippen LogP contribution in [0.5, 0.6) is 0 Å². The average Bonchev–Trinajstić information content (AvgIpc) is 3.72. The summed E-state index contributed by atoms with van der Waals surface area (Å²) in [5.74, 6) is -0.829. The van der Waals surface area contributed by atoms with Gasteiger partial charge in [-0.05, 0) is 67.7 Å². The lowest BCUT2D eigenvalue weighted by Crippen LogP contribution is -2.44. The number of carbonyl (C=O) groups is 3. The molecule has 7 rings (SSSR count). The Kier molecular flexibility index (Phi) is 8.07. The summed E-state index contributed by atoms with van der Waals surface area (Å²) in [5.41, 5.74) is 6.25. The van der Waals surface area contributed by atoms with Crippen LogP contribution in [0, 0.1) is 0 Å². The number of rotatable bonds is 8. The van der Waals surface area contributed by atoms with Gasteiger partial charge in [0, 0.05) is 71.8 Å². The molecule has 0 saturated carbocycles. The van der Waals surface area contributed by atoms with E-state index in [0.717, 1.165) is 37.6 Å². The molecule has 1 fully saturated rings. The predicted molar refractivity (Wildman–Crippen MR) is 184 cm³/mol. The summed E-state index contributed by atoms with van der Waals surface area (Å²) < 4.78 is 1.56. The van der Waals surface area contributed by atoms with Crippen molar-refractivity contribution in [3.63, 3.8) is 0 Å². The molecule has 4 aromatic carbocycles. The maximum Gasteiger partial charge on any atom is 0.274 e. The number of hydrogen-bond acceptors (Lipinski definition) is 7. The van der Waals surface area contributed by atoms with Gasteiger partial charge in [-0.1, -0.05) is 42.5 Å². The molecule has 10 nitrogen and oxygen atoms in total. The van der Waals surface area contributed by atoms with Crippen LogP contribution < -0.4 is 20.9 Å². The topological polar surface area (TPSA) is 112 Å². The highest BCUT2D eigenvalue weighted by molar-refractivity contribution is 6.32. The zero-order valence-corrected chi connectivity index (χ0v) is 25.8. The molecule has 5 aromatic rings. The molecule has 234 valence electrons. The lowest BCUT2D eigenvalue weighted by atomic mass is 9.99. The van der Waals surface area contributed by atoms with Gasteiger partial charge in [0.2, 0.25) is 0 Å². The monoisotopic (exact) mass is 623 g/mol. The molecule has 2 aliphatic rings. The van der Waals surface area contributed by atoms with Crippen LogP contribution in [-0.2, 0) is 4.79 Å². The minimum absolute atomic E-state index is 0.233. The van der Waals surface area contributed by atoms with E-state index in [9.17, 15) is 14.4 Å². The maximum atomic E-state index is 13.5. The molecule has 0 unspecified atom stereocenters. The van der Waals surface area contributed by atoms with Crippen molar-refractivity contribution in [3.05, 3.63) is 138 Å². The summed E-state index contributed by atoms with van der Waals surface area (Å²) in [6.07, 6.45) is 3.26. The summed E-state index contributed by atoms with van der Waals surface area (Å²) in [5, 5.41) is 13.3. The van der Waals surface area contributed by atoms with Gasteiger partial charge in [0.25, 0.3) is 11.8 Å². The van der Waals surface area contributed by atoms with Crippen molar-refractivity contribution >= 4 is 45.9 Å². The van der Waals surface area contributed by atoms with Gasteiger partial charge in [0.15, 0.2) is 5.78 Å². The van der Waals surface area contributed by atoms with Crippen LogP contribution in [0.25, 0.3) is 11.3 Å². The van der Waals surface area contributed by atoms with Gasteiger partial charge in [-0.3, -0.25) is 14.4 Å². The molecule has 2 amide bonds. The molecule has 0 spiro atoms. The zero-order chi connectivity index (χ0) is 32.3. The second-order valence-corrected chi connectivity index (χ2v) is 11.6. The first-order valence-electron chi connectivity index (χ1n) is 15.4. The van der Waals surface area contributed by atoms with Crippen molar-refractivity contribution in [1.29, 1.82) is 0 Å². The van der Waals surface area contributed by atoms with Crippen LogP contribution >= 0.6 is 0 Å². The Balaban J connectivity index is 1.03. The van der Waals surface area contributed by atoms with Crippen LogP contribution in [0.15, 0.2) is 116 Å². The molecule has 10 heteroatoms. The summed E-state index contributed by atoms with van der Waals surface area (Å²) in [6, 6.07) is 31.2. The fourth-order valence-corrected chi connectivity index (χ4v) is 5.82. The summed E-state index contributed by atoms with van der Waals surface area (Å²) in [6.45, 7) is 4.09. The second-order valence-electron chi connectivity index (χ2n) is 11.6. The smallest absolute Gasteiger partial charge is 0.274 e. The minimum atomic E-state index is -0.352. The molecule has 1 saturated heterocycles. The molecule has 0 bridgehead atoms. The highest BCUT2D eigenvalue weighted by atomic mass is 16.2. The quantitative estimate of drug-likeness (QED) is 0.154. The highest BCUT2D eigenvalue weighted by Crippen LogP contribution is 2.33. The molecule has 47 heavy (non-hydrogen) atoms. The van der Waals surface area contributed by atoms with Crippen LogP contribution in [0.3, 0.4) is 0 Å². The van der Waals surface area contributed by atoms with E-state index in [0.29, 0.717) is 39.3 Å². The normalized spacial score (nSPS) is 15.3. The standard InChI is InChI=1S/C37H33N7O3/c1-42-18-20-43(21-19-42)29-13-11-27(12-14-29)38-24-32-31-15-10-26(23-33(31)41-36(32)46)35(45)25-6-5-7-28(22-25)40-37(47)34-16-17-39-44(34)30-8-3-2-4-9-30/h2-17,22-24,38H,18-21H2,1H3,(H,40,47)(H,41,46). The molecular weight excluding hydrogens is 590 g/mol. The molecule has 1 aromatic heterocycles. The third-order valence-electron chi connectivity index (χ3n) is 8.44. The minimum Gasteiger partial charge on any atom is -0.369 e. The first-order chi connectivity index (χ1) is 22.9. The Labute approximate surface area is 272 Å². The van der Waals surface area contributed by atoms with Gasteiger partial charge in [-0.2, -0.15) is 5.10 Å². The molecule has 0 radical (unpaired) electrons. The van der Waals surface area contributed by atoms with E-state index in [1.807, 2.05) is 42.5 Å². The second kappa shape index (κ2) is 12.8. The van der Waals surface area contributed by atoms with Crippen molar-refractivity contribution in [3.8, 4) is 5.69 Å². The third-order valence-corrected chi connectivity index (χ3v) is 8.44. The first kappa shape index (κ1) is 29.7. The predicted octanol–water partition coefficient (Wildman–Crippen LogP) is 5.51. The van der Waals surface area contributed by atoms with Gasteiger partial charge in [0.05, 0.1) is 17.5 Å². The number of nitrogens with one attached hydrogen (secondary N) is 3. The Morgan fingerprint density at radius 2 is 1.55 bits per heavy atom. The van der Waals surface area contributed by atoms with Crippen LogP contribution in [0.4, 0.5) is 22.7 Å². The average molecular weight is 624 g/mol. The van der Waals surface area contributed by atoms with Crippen LogP contribution in [-0.4, -0.2) is 65.5 Å². The van der Waals surface area contributed by atoms with Gasteiger partial charge in [0.1, 0.15) is 5.69 Å². The summed E-state index contributed by atoms with van der Waals surface area (Å²) in [4.78, 5) is 44.2. The molecule has 2 aliphatic heterocycles. The summed E-state index contributed by atoms with van der Waals surface area (Å²) in [7, 11) is 2.14. The number of aromatic nitrogens is 2. The van der Waals surface area contributed by atoms with Crippen molar-refractivity contribution in [2.24, 2.45) is 0 Å². The lowest BCUT2D eigenvalue weighted by molar-refractivity contribution is -0.110. The number of piperazine rings is 1. The fraction of sp³-hybridized carbons (Fsp3) is 0.135. The molecule has 0 atom stereocenters. The number of ketones is 1. The van der Waals surface area contributed by atoms with Gasteiger partial charge in [-0.15, -0.1) is 0 Å². The van der Waals surface area contributed by atoms with E-state index in [2.05, 4.69) is 50.0 Å². The number of hydrogen-bond donors (Lipinski definition) is 3. The zero-order valence-electron chi connectivity index (χ0n) is 25.8. The van der Waals surface area contributed by atoms with E-state index in [4.69, 9.17) is 0 Å². The van der Waals surface area contributed by atoms with E-state index >= 15 is 0 Å². The SMILES string of the molecule is CN1CCN(c2ccc(NC=C3C(=O)Nc4cc(C(=O)c5cccc(NC(=O)c6ccnn6-c6ccccc6)c5)ccc43)cc2)CC1. The maximum absolute atomic E-state index is 13.5. The van der Waals surface area contributed by atoms with E-state index in [1.54, 1.807) is 65.6 Å². The first-order valence-corrected chi connectivity index (χ1v) is 15.4. The Morgan fingerprint density at radius 1 is 0.787 bits per heavy atom. The third kappa shape index (κ3) is 6.27. The number of anilines is 4. The highest BCUT2D eigenvalue weighted by Gasteiger charge is 2.26. The number of para-hydroxylation sites is 1. The van der Waals surface area contributed by atoms with Gasteiger partial charge >= 0.3 is 0 Å². The Bertz CT molecular complexity index is 1990. The van der Waals surface area contributed by atoms with Crippen LogP contribution in [0.1, 0.15) is 32.0 Å². The van der Waals surface area contributed by atoms with E-state index in [-0.39, 0.29) is 17.6 Å². The number of benzene rings is 4. The molecular formula is C37H33N7O3.